The zero-order chi connectivity index (χ0) is 26.1. The van der Waals surface area contributed by atoms with Crippen LogP contribution in [0.15, 0.2) is 70.3 Å². The van der Waals surface area contributed by atoms with E-state index >= 15 is 0 Å². The molecule has 1 amide bonds. The minimum Gasteiger partial charge on any atom is -0.322 e. The fourth-order valence-electron chi connectivity index (χ4n) is 4.30. The monoisotopic (exact) mass is 497 g/mol. The summed E-state index contributed by atoms with van der Waals surface area (Å²) >= 11 is 0. The van der Waals surface area contributed by atoms with Gasteiger partial charge in [0.2, 0.25) is 0 Å². The van der Waals surface area contributed by atoms with Crippen molar-refractivity contribution in [1.82, 2.24) is 19.5 Å². The van der Waals surface area contributed by atoms with E-state index in [4.69, 9.17) is 0 Å². The van der Waals surface area contributed by atoms with Crippen LogP contribution in [-0.2, 0) is 13.0 Å². The van der Waals surface area contributed by atoms with Gasteiger partial charge < -0.3 is 9.88 Å². The molecule has 0 aromatic heterocycles. The van der Waals surface area contributed by atoms with Gasteiger partial charge in [0.25, 0.3) is 11.5 Å². The number of carbonyl (C=O) groups is 1. The number of aryl methyl sites for hydroxylation is 4. The Balaban J connectivity index is 1.57. The van der Waals surface area contributed by atoms with Crippen molar-refractivity contribution in [3.05, 3.63) is 110 Å². The highest BCUT2D eigenvalue weighted by atomic mass is 19.1. The first-order chi connectivity index (χ1) is 17.8. The van der Waals surface area contributed by atoms with Crippen molar-refractivity contribution in [2.24, 2.45) is 0 Å². The third-order valence-corrected chi connectivity index (χ3v) is 6.28. The number of benzene rings is 3. The maximum absolute atomic E-state index is 13.3. The van der Waals surface area contributed by atoms with Crippen LogP contribution >= 0.6 is 0 Å². The standard InChI is InChI=1S/C28H24FN5O3/c1-16-5-7-18(8-6-16)4-3-13-34-23-15-21(31-26(35)19-9-11-20(29)12-10-19)17(2)14-22(23)30-24-25(34)32-28(37)33-27(24)36/h5-12,14-15H,3-4,13H2,1-2H3,(H,31,35)(H,33,36,37). The van der Waals surface area contributed by atoms with E-state index in [1.165, 1.54) is 35.4 Å². The van der Waals surface area contributed by atoms with Crippen molar-refractivity contribution in [2.45, 2.75) is 33.2 Å². The Bertz CT molecular complexity index is 1710. The molecule has 3 aromatic rings. The number of nitrogens with one attached hydrogen (secondary N) is 2. The molecule has 9 heteroatoms. The molecule has 37 heavy (non-hydrogen) atoms. The first-order valence-electron chi connectivity index (χ1n) is 11.9. The van der Waals surface area contributed by atoms with Crippen LogP contribution in [0.1, 0.15) is 33.5 Å². The lowest BCUT2D eigenvalue weighted by Gasteiger charge is -2.18. The van der Waals surface area contributed by atoms with Crippen LogP contribution in [0.5, 0.6) is 0 Å². The topological polar surface area (TPSA) is 110 Å². The van der Waals surface area contributed by atoms with E-state index in [-0.39, 0.29) is 11.5 Å². The quantitative estimate of drug-likeness (QED) is 0.341. The van der Waals surface area contributed by atoms with Crippen molar-refractivity contribution >= 4 is 22.6 Å². The van der Waals surface area contributed by atoms with Crippen molar-refractivity contribution in [3.8, 4) is 11.5 Å². The maximum Gasteiger partial charge on any atom is 0.349 e. The second-order valence-electron chi connectivity index (χ2n) is 9.01. The van der Waals surface area contributed by atoms with Gasteiger partial charge in [0, 0.05) is 17.8 Å². The molecule has 0 spiro atoms. The number of halogens is 1. The SMILES string of the molecule is Cc1ccc(CCCn2c3nc(=O)[nH]c(=O)c-3nc3cc(C)c(NC(=O)c4ccc(F)cc4)cc32)cc1. The predicted octanol–water partition coefficient (Wildman–Crippen LogP) is 4.23. The van der Waals surface area contributed by atoms with Gasteiger partial charge in [0.05, 0.1) is 11.0 Å². The van der Waals surface area contributed by atoms with Gasteiger partial charge in [0.1, 0.15) is 5.82 Å². The molecule has 2 N–H and O–H groups in total. The molecule has 5 rings (SSSR count). The van der Waals surface area contributed by atoms with E-state index in [0.717, 1.165) is 18.4 Å². The highest BCUT2D eigenvalue weighted by Gasteiger charge is 2.20. The normalized spacial score (nSPS) is 11.2. The second kappa shape index (κ2) is 9.77. The molecule has 0 radical (unpaired) electrons. The van der Waals surface area contributed by atoms with E-state index in [1.54, 1.807) is 16.7 Å². The lowest BCUT2D eigenvalue weighted by atomic mass is 10.1. The molecular weight excluding hydrogens is 473 g/mol. The zero-order valence-corrected chi connectivity index (χ0v) is 20.3. The third-order valence-electron chi connectivity index (χ3n) is 6.28. The van der Waals surface area contributed by atoms with Crippen LogP contribution in [0.25, 0.3) is 22.6 Å². The van der Waals surface area contributed by atoms with E-state index in [9.17, 15) is 18.8 Å². The molecule has 0 bridgehead atoms. The first kappa shape index (κ1) is 24.1. The van der Waals surface area contributed by atoms with E-state index in [2.05, 4.69) is 44.5 Å². The lowest BCUT2D eigenvalue weighted by molar-refractivity contribution is 0.102. The van der Waals surface area contributed by atoms with Crippen molar-refractivity contribution in [3.63, 3.8) is 0 Å². The van der Waals surface area contributed by atoms with E-state index < -0.39 is 23.0 Å². The highest BCUT2D eigenvalue weighted by molar-refractivity contribution is 6.05. The summed E-state index contributed by atoms with van der Waals surface area (Å²) in [5.74, 6) is -0.633. The molecule has 0 fully saturated rings. The molecule has 0 atom stereocenters. The Morgan fingerprint density at radius 2 is 1.73 bits per heavy atom. The number of nitrogens with zero attached hydrogens (tertiary/aromatic N) is 3. The minimum absolute atomic E-state index is 0.0740. The van der Waals surface area contributed by atoms with E-state index in [1.807, 2.05) is 13.8 Å². The number of rotatable bonds is 6. The molecule has 2 aliphatic rings. The first-order valence-corrected chi connectivity index (χ1v) is 11.9. The van der Waals surface area contributed by atoms with Crippen LogP contribution < -0.4 is 16.6 Å². The Kier molecular flexibility index (Phi) is 6.35. The molecule has 2 heterocycles. The highest BCUT2D eigenvalue weighted by Crippen LogP contribution is 2.27. The third kappa shape index (κ3) is 5.02. The van der Waals surface area contributed by atoms with Crippen LogP contribution in [0.2, 0.25) is 0 Å². The Morgan fingerprint density at radius 3 is 2.46 bits per heavy atom. The van der Waals surface area contributed by atoms with Gasteiger partial charge in [-0.1, -0.05) is 29.8 Å². The predicted molar refractivity (Wildman–Crippen MR) is 140 cm³/mol. The van der Waals surface area contributed by atoms with Gasteiger partial charge in [-0.25, -0.2) is 14.2 Å². The number of carbonyl (C=O) groups excluding carboxylic acids is 1. The fraction of sp³-hybridized carbons (Fsp3) is 0.179. The van der Waals surface area contributed by atoms with Gasteiger partial charge in [-0.2, -0.15) is 4.98 Å². The molecular formula is C28H24FN5O3. The number of fused-ring (bicyclic) bond motifs is 2. The number of H-pyrrole nitrogens is 1. The molecule has 0 aliphatic carbocycles. The van der Waals surface area contributed by atoms with Crippen molar-refractivity contribution in [1.29, 1.82) is 0 Å². The Labute approximate surface area is 211 Å². The van der Waals surface area contributed by atoms with Crippen LogP contribution in [0.4, 0.5) is 10.1 Å². The number of hydrogen-bond acceptors (Lipinski definition) is 5. The summed E-state index contributed by atoms with van der Waals surface area (Å²) in [7, 11) is 0. The largest absolute Gasteiger partial charge is 0.349 e. The van der Waals surface area contributed by atoms with Crippen LogP contribution in [0, 0.1) is 19.7 Å². The average molecular weight is 498 g/mol. The number of anilines is 1. The number of aromatic amines is 1. The smallest absolute Gasteiger partial charge is 0.322 e. The van der Waals surface area contributed by atoms with Crippen molar-refractivity contribution < 1.29 is 9.18 Å². The zero-order valence-electron chi connectivity index (χ0n) is 20.3. The molecule has 0 saturated carbocycles. The van der Waals surface area contributed by atoms with Gasteiger partial charge in [0.15, 0.2) is 11.5 Å². The van der Waals surface area contributed by atoms with Crippen LogP contribution in [0.3, 0.4) is 0 Å². The number of hydrogen-bond donors (Lipinski definition) is 2. The summed E-state index contributed by atoms with van der Waals surface area (Å²) in [6, 6.07) is 17.1. The molecule has 2 aliphatic heterocycles. The summed E-state index contributed by atoms with van der Waals surface area (Å²) in [6.07, 6.45) is 1.50. The minimum atomic E-state index is -0.747. The maximum atomic E-state index is 13.3. The molecule has 8 nitrogen and oxygen atoms in total. The second-order valence-corrected chi connectivity index (χ2v) is 9.01. The summed E-state index contributed by atoms with van der Waals surface area (Å²) < 4.78 is 15.1. The Morgan fingerprint density at radius 1 is 1.00 bits per heavy atom. The fourth-order valence-corrected chi connectivity index (χ4v) is 4.30. The summed E-state index contributed by atoms with van der Waals surface area (Å²) in [5, 5.41) is 2.87. The molecule has 0 unspecified atom stereocenters. The summed E-state index contributed by atoms with van der Waals surface area (Å²) in [5.41, 5.74) is 3.80. The van der Waals surface area contributed by atoms with Gasteiger partial charge in [-0.15, -0.1) is 0 Å². The van der Waals surface area contributed by atoms with Crippen molar-refractivity contribution in [2.75, 3.05) is 5.32 Å². The molecule has 186 valence electrons. The van der Waals surface area contributed by atoms with Gasteiger partial charge >= 0.3 is 5.69 Å². The number of aromatic nitrogens is 4. The van der Waals surface area contributed by atoms with Crippen LogP contribution in [-0.4, -0.2) is 25.4 Å². The summed E-state index contributed by atoms with van der Waals surface area (Å²) in [4.78, 5) is 48.1. The molecule has 0 saturated heterocycles. The van der Waals surface area contributed by atoms with Gasteiger partial charge in [-0.3, -0.25) is 14.6 Å². The Hall–Kier alpha value is -4.66. The number of amides is 1. The summed E-state index contributed by atoms with van der Waals surface area (Å²) in [6.45, 7) is 4.32. The molecule has 3 aromatic carbocycles. The lowest BCUT2D eigenvalue weighted by Crippen LogP contribution is -2.29. The average Bonchev–Trinajstić information content (AvgIpc) is 2.86. The van der Waals surface area contributed by atoms with E-state index in [0.29, 0.717) is 28.8 Å². The van der Waals surface area contributed by atoms with Gasteiger partial charge in [-0.05, 0) is 74.2 Å².